The Morgan fingerprint density at radius 2 is 1.76 bits per heavy atom. The van der Waals surface area contributed by atoms with Crippen molar-refractivity contribution in [3.8, 4) is 0 Å². The number of amides is 1. The zero-order valence-electron chi connectivity index (χ0n) is 16.0. The first-order valence-corrected chi connectivity index (χ1v) is 10.9. The van der Waals surface area contributed by atoms with Crippen molar-refractivity contribution >= 4 is 45.2 Å². The van der Waals surface area contributed by atoms with E-state index >= 15 is 0 Å². The molecule has 0 aliphatic carbocycles. The summed E-state index contributed by atoms with van der Waals surface area (Å²) in [6.45, 7) is 4.57. The minimum absolute atomic E-state index is 0.0826. The van der Waals surface area contributed by atoms with E-state index in [1.807, 2.05) is 46.9 Å². The molecule has 4 rings (SSSR count). The number of rotatable bonds is 4. The van der Waals surface area contributed by atoms with Gasteiger partial charge in [0.2, 0.25) is 5.91 Å². The summed E-state index contributed by atoms with van der Waals surface area (Å²) in [6, 6.07) is 14.2. The van der Waals surface area contributed by atoms with Crippen LogP contribution < -0.4 is 4.90 Å². The maximum atomic E-state index is 13.1. The number of carbonyl (C=O) groups is 1. The summed E-state index contributed by atoms with van der Waals surface area (Å²) in [5.74, 6) is 0.0826. The number of piperazine rings is 1. The summed E-state index contributed by atoms with van der Waals surface area (Å²) in [5.41, 5.74) is 1.92. The number of fused-ring (bicyclic) bond motifs is 1. The van der Waals surface area contributed by atoms with Crippen LogP contribution in [0.2, 0.25) is 5.02 Å². The van der Waals surface area contributed by atoms with Gasteiger partial charge in [0.05, 0.1) is 5.52 Å². The van der Waals surface area contributed by atoms with Crippen LogP contribution >= 0.6 is 11.6 Å². The first kappa shape index (κ1) is 19.9. The molecule has 1 aliphatic heterocycles. The van der Waals surface area contributed by atoms with Gasteiger partial charge >= 0.3 is 0 Å². The number of nitrogens with zero attached hydrogens (tertiary/aromatic N) is 3. The van der Waals surface area contributed by atoms with E-state index in [9.17, 15) is 13.6 Å². The number of halogens is 1. The van der Waals surface area contributed by atoms with Crippen molar-refractivity contribution in [3.05, 3.63) is 59.8 Å². The third-order valence-corrected chi connectivity index (χ3v) is 6.34. The number of hydrogen-bond acceptors (Lipinski definition) is 4. The summed E-state index contributed by atoms with van der Waals surface area (Å²) >= 11 is 3.92. The van der Waals surface area contributed by atoms with Gasteiger partial charge in [0.15, 0.2) is 0 Å². The largest absolute Gasteiger partial charge is 0.768 e. The van der Waals surface area contributed by atoms with Crippen molar-refractivity contribution in [1.29, 1.82) is 0 Å². The molecular formula is C21H21ClN3O3S-. The lowest BCUT2D eigenvalue weighted by Crippen LogP contribution is -2.50. The van der Waals surface area contributed by atoms with E-state index in [4.69, 9.17) is 11.6 Å². The van der Waals surface area contributed by atoms with Crippen LogP contribution in [-0.4, -0.2) is 50.3 Å². The van der Waals surface area contributed by atoms with Gasteiger partial charge in [-0.15, -0.1) is 0 Å². The molecule has 1 aromatic heterocycles. The second kappa shape index (κ2) is 8.18. The van der Waals surface area contributed by atoms with Crippen molar-refractivity contribution in [2.45, 2.75) is 17.9 Å². The second-order valence-electron chi connectivity index (χ2n) is 7.14. The number of benzene rings is 2. The third-order valence-electron chi connectivity index (χ3n) is 5.45. The van der Waals surface area contributed by atoms with E-state index in [0.29, 0.717) is 31.2 Å². The number of carbonyl (C=O) groups excluding carboxylic acids is 1. The molecule has 2 atom stereocenters. The molecule has 6 nitrogen and oxygen atoms in total. The molecule has 2 aromatic carbocycles. The van der Waals surface area contributed by atoms with E-state index in [1.54, 1.807) is 24.3 Å². The highest BCUT2D eigenvalue weighted by Crippen LogP contribution is 2.25. The summed E-state index contributed by atoms with van der Waals surface area (Å²) < 4.78 is 24.0. The molecule has 1 fully saturated rings. The Bertz CT molecular complexity index is 1060. The van der Waals surface area contributed by atoms with Gasteiger partial charge in [-0.25, -0.2) is 0 Å². The first-order chi connectivity index (χ1) is 13.9. The van der Waals surface area contributed by atoms with E-state index in [2.05, 4.69) is 4.90 Å². The van der Waals surface area contributed by atoms with Gasteiger partial charge in [0.1, 0.15) is 6.04 Å². The summed E-state index contributed by atoms with van der Waals surface area (Å²) in [7, 11) is 0. The Hall–Kier alpha value is -2.35. The highest BCUT2D eigenvalue weighted by Gasteiger charge is 2.26. The number of aromatic nitrogens is 1. The maximum absolute atomic E-state index is 13.1. The van der Waals surface area contributed by atoms with Crippen LogP contribution in [0.1, 0.15) is 13.0 Å². The van der Waals surface area contributed by atoms with E-state index in [1.165, 1.54) is 0 Å². The highest BCUT2D eigenvalue weighted by molar-refractivity contribution is 7.79. The van der Waals surface area contributed by atoms with Crippen molar-refractivity contribution in [3.63, 3.8) is 0 Å². The lowest BCUT2D eigenvalue weighted by Gasteiger charge is -2.37. The van der Waals surface area contributed by atoms with Gasteiger partial charge in [-0.1, -0.05) is 17.7 Å². The molecule has 1 unspecified atom stereocenters. The summed E-state index contributed by atoms with van der Waals surface area (Å²) in [4.78, 5) is 17.4. The molecule has 0 saturated carbocycles. The van der Waals surface area contributed by atoms with Crippen LogP contribution in [0, 0.1) is 0 Å². The van der Waals surface area contributed by atoms with Gasteiger partial charge in [-0.05, 0) is 65.9 Å². The molecule has 0 spiro atoms. The predicted molar refractivity (Wildman–Crippen MR) is 114 cm³/mol. The van der Waals surface area contributed by atoms with Crippen molar-refractivity contribution in [1.82, 2.24) is 9.47 Å². The smallest absolute Gasteiger partial charge is 0.245 e. The minimum Gasteiger partial charge on any atom is -0.768 e. The van der Waals surface area contributed by atoms with E-state index < -0.39 is 11.1 Å². The molecule has 152 valence electrons. The normalized spacial score (nSPS) is 16.8. The van der Waals surface area contributed by atoms with Crippen molar-refractivity contribution in [2.24, 2.45) is 0 Å². The molecule has 1 aliphatic rings. The molecule has 1 amide bonds. The fraction of sp³-hybridized carbons (Fsp3) is 0.286. The molecule has 1 saturated heterocycles. The molecule has 0 N–H and O–H groups in total. The highest BCUT2D eigenvalue weighted by atomic mass is 35.5. The Morgan fingerprint density at radius 3 is 2.41 bits per heavy atom. The van der Waals surface area contributed by atoms with Crippen LogP contribution in [0.3, 0.4) is 0 Å². The molecule has 0 radical (unpaired) electrons. The number of anilines is 1. The lowest BCUT2D eigenvalue weighted by molar-refractivity contribution is -0.134. The Balaban J connectivity index is 1.43. The topological polar surface area (TPSA) is 68.6 Å². The van der Waals surface area contributed by atoms with Crippen LogP contribution in [0.4, 0.5) is 5.69 Å². The molecule has 2 heterocycles. The first-order valence-electron chi connectivity index (χ1n) is 9.43. The van der Waals surface area contributed by atoms with Crippen LogP contribution in [0.15, 0.2) is 59.6 Å². The van der Waals surface area contributed by atoms with E-state index in [0.717, 1.165) is 16.6 Å². The molecule has 29 heavy (non-hydrogen) atoms. The predicted octanol–water partition coefficient (Wildman–Crippen LogP) is 3.44. The Labute approximate surface area is 177 Å². The van der Waals surface area contributed by atoms with Gasteiger partial charge in [0, 0.05) is 48.0 Å². The average Bonchev–Trinajstić information content (AvgIpc) is 3.16. The summed E-state index contributed by atoms with van der Waals surface area (Å²) in [5, 5.41) is 1.71. The van der Waals surface area contributed by atoms with Crippen LogP contribution in [0.25, 0.3) is 10.9 Å². The molecular weight excluding hydrogens is 410 g/mol. The fourth-order valence-corrected chi connectivity index (χ4v) is 4.32. The standard InChI is InChI=1S/C21H22ClN3O3S/c1-15(25-9-8-16-2-3-17(22)14-20(16)25)21(26)24-12-10-23(11-13-24)18-4-6-19(7-5-18)29(27)28/h2-9,14-15H,10-13H2,1H3,(H,27,28)/p-1/t15-/m1/s1. The molecule has 0 bridgehead atoms. The van der Waals surface area contributed by atoms with Gasteiger partial charge in [0.25, 0.3) is 0 Å². The lowest BCUT2D eigenvalue weighted by atomic mass is 10.2. The van der Waals surface area contributed by atoms with Gasteiger partial charge in [-0.3, -0.25) is 9.00 Å². The van der Waals surface area contributed by atoms with Crippen LogP contribution in [0.5, 0.6) is 0 Å². The third kappa shape index (κ3) is 4.03. The Kier molecular flexibility index (Phi) is 5.63. The number of hydrogen-bond donors (Lipinski definition) is 0. The second-order valence-corrected chi connectivity index (χ2v) is 8.52. The Morgan fingerprint density at radius 1 is 1.07 bits per heavy atom. The SMILES string of the molecule is C[C@H](C(=O)N1CCN(c2ccc(S(=O)[O-])cc2)CC1)n1ccc2ccc(Cl)cc21. The molecule has 8 heteroatoms. The monoisotopic (exact) mass is 430 g/mol. The van der Waals surface area contributed by atoms with E-state index in [-0.39, 0.29) is 16.8 Å². The van der Waals surface area contributed by atoms with Crippen LogP contribution in [-0.2, 0) is 15.9 Å². The minimum atomic E-state index is -2.22. The maximum Gasteiger partial charge on any atom is 0.245 e. The van der Waals surface area contributed by atoms with Gasteiger partial charge < -0.3 is 18.9 Å². The zero-order chi connectivity index (χ0) is 20.5. The zero-order valence-corrected chi connectivity index (χ0v) is 17.5. The quantitative estimate of drug-likeness (QED) is 0.594. The van der Waals surface area contributed by atoms with Crippen molar-refractivity contribution < 1.29 is 13.6 Å². The summed E-state index contributed by atoms with van der Waals surface area (Å²) in [6.07, 6.45) is 1.93. The van der Waals surface area contributed by atoms with Crippen molar-refractivity contribution in [2.75, 3.05) is 31.1 Å². The fourth-order valence-electron chi connectivity index (χ4n) is 3.80. The van der Waals surface area contributed by atoms with Gasteiger partial charge in [-0.2, -0.15) is 0 Å². The average molecular weight is 431 g/mol. The molecule has 3 aromatic rings.